The Bertz CT molecular complexity index is 574. The fraction of sp³-hybridized carbons (Fsp3) is 0.600. The molecule has 1 aliphatic heterocycles. The van der Waals surface area contributed by atoms with Crippen LogP contribution in [-0.4, -0.2) is 48.4 Å². The zero-order chi connectivity index (χ0) is 14.1. The fourth-order valence-electron chi connectivity index (χ4n) is 1.93. The number of H-pyrrole nitrogens is 1. The molecule has 1 aromatic rings. The Kier molecular flexibility index (Phi) is 3.61. The number of nitrogens with zero attached hydrogens (tertiary/aromatic N) is 1. The first kappa shape index (κ1) is 14.0. The Balaban J connectivity index is 2.14. The molecule has 1 fully saturated rings. The molecular formula is C10H15N3O5S. The summed E-state index contributed by atoms with van der Waals surface area (Å²) < 4.78 is 31.8. The van der Waals surface area contributed by atoms with Crippen molar-refractivity contribution in [2.24, 2.45) is 0 Å². The van der Waals surface area contributed by atoms with E-state index in [1.165, 1.54) is 0 Å². The molecule has 0 amide bonds. The third-order valence-electron chi connectivity index (χ3n) is 3.04. The number of nitrogens with one attached hydrogen (secondary N) is 2. The largest absolute Gasteiger partial charge is 0.478 e. The average Bonchev–Trinajstić information content (AvgIpc) is 2.96. The van der Waals surface area contributed by atoms with Gasteiger partial charge in [0.25, 0.3) is 10.0 Å². The monoisotopic (exact) mass is 289 g/mol. The highest BCUT2D eigenvalue weighted by atomic mass is 32.2. The van der Waals surface area contributed by atoms with Crippen molar-refractivity contribution in [2.75, 3.05) is 13.2 Å². The molecule has 0 bridgehead atoms. The maximum Gasteiger partial charge on any atom is 0.340 e. The normalized spacial score (nSPS) is 23.6. The molecule has 0 aliphatic carbocycles. The molecule has 9 heteroatoms. The summed E-state index contributed by atoms with van der Waals surface area (Å²) in [5.41, 5.74) is -0.929. The first-order valence-corrected chi connectivity index (χ1v) is 7.23. The van der Waals surface area contributed by atoms with Crippen molar-refractivity contribution in [3.63, 3.8) is 0 Å². The molecule has 1 atom stereocenters. The molecule has 1 saturated heterocycles. The third-order valence-corrected chi connectivity index (χ3v) is 4.41. The van der Waals surface area contributed by atoms with E-state index < -0.39 is 26.6 Å². The smallest absolute Gasteiger partial charge is 0.340 e. The molecule has 106 valence electrons. The van der Waals surface area contributed by atoms with Crippen molar-refractivity contribution >= 4 is 16.0 Å². The van der Waals surface area contributed by atoms with Crippen LogP contribution in [0.25, 0.3) is 0 Å². The highest BCUT2D eigenvalue weighted by Gasteiger charge is 2.33. The van der Waals surface area contributed by atoms with Crippen molar-refractivity contribution < 1.29 is 23.1 Å². The number of carboxylic acid groups (broad SMARTS) is 1. The molecule has 1 unspecified atom stereocenters. The number of sulfonamides is 1. The van der Waals surface area contributed by atoms with Gasteiger partial charge in [-0.25, -0.2) is 17.9 Å². The van der Waals surface area contributed by atoms with Crippen molar-refractivity contribution in [1.29, 1.82) is 0 Å². The standard InChI is InChI=1S/C10H15N3O5S/c1-10(3-2-4-18-10)6-12-19(16,17)8-7(9(14)15)5-11-13-8/h5,12H,2-4,6H2,1H3,(H,11,13)(H,14,15). The molecule has 0 saturated carbocycles. The van der Waals surface area contributed by atoms with Crippen LogP contribution in [0.1, 0.15) is 30.1 Å². The Labute approximate surface area is 110 Å². The van der Waals surface area contributed by atoms with Gasteiger partial charge in [0.2, 0.25) is 0 Å². The van der Waals surface area contributed by atoms with E-state index in [1.54, 1.807) is 0 Å². The van der Waals surface area contributed by atoms with Gasteiger partial charge in [0, 0.05) is 13.2 Å². The lowest BCUT2D eigenvalue weighted by Crippen LogP contribution is -2.40. The molecule has 19 heavy (non-hydrogen) atoms. The fourth-order valence-corrected chi connectivity index (χ4v) is 3.17. The summed E-state index contributed by atoms with van der Waals surface area (Å²) in [6.07, 6.45) is 2.59. The van der Waals surface area contributed by atoms with Gasteiger partial charge in [-0.3, -0.25) is 5.10 Å². The number of rotatable bonds is 5. The summed E-state index contributed by atoms with van der Waals surface area (Å²) in [6, 6.07) is 0. The van der Waals surface area contributed by atoms with Gasteiger partial charge in [-0.1, -0.05) is 0 Å². The second-order valence-electron chi connectivity index (χ2n) is 4.64. The van der Waals surface area contributed by atoms with Crippen LogP contribution in [0.15, 0.2) is 11.2 Å². The SMILES string of the molecule is CC1(CNS(=O)(=O)c2[nH]ncc2C(=O)O)CCCO1. The summed E-state index contributed by atoms with van der Waals surface area (Å²) in [4.78, 5) is 10.9. The van der Waals surface area contributed by atoms with Gasteiger partial charge in [0.1, 0.15) is 5.56 Å². The van der Waals surface area contributed by atoms with Crippen LogP contribution in [0.5, 0.6) is 0 Å². The molecule has 0 radical (unpaired) electrons. The Morgan fingerprint density at radius 3 is 3.00 bits per heavy atom. The quantitative estimate of drug-likeness (QED) is 0.699. The molecule has 8 nitrogen and oxygen atoms in total. The topological polar surface area (TPSA) is 121 Å². The number of hydrogen-bond acceptors (Lipinski definition) is 5. The van der Waals surface area contributed by atoms with Crippen LogP contribution >= 0.6 is 0 Å². The zero-order valence-electron chi connectivity index (χ0n) is 10.3. The van der Waals surface area contributed by atoms with Crippen molar-refractivity contribution in [3.8, 4) is 0 Å². The van der Waals surface area contributed by atoms with E-state index in [4.69, 9.17) is 9.84 Å². The number of aromatic carboxylic acids is 1. The number of carboxylic acids is 1. The second-order valence-corrected chi connectivity index (χ2v) is 6.35. The van der Waals surface area contributed by atoms with E-state index in [2.05, 4.69) is 14.9 Å². The molecule has 3 N–H and O–H groups in total. The molecule has 1 aromatic heterocycles. The van der Waals surface area contributed by atoms with E-state index in [0.717, 1.165) is 19.0 Å². The van der Waals surface area contributed by atoms with Gasteiger partial charge >= 0.3 is 5.97 Å². The first-order chi connectivity index (χ1) is 8.84. The number of carbonyl (C=O) groups is 1. The minimum Gasteiger partial charge on any atom is -0.478 e. The van der Waals surface area contributed by atoms with Gasteiger partial charge in [-0.05, 0) is 19.8 Å². The number of hydrogen-bond donors (Lipinski definition) is 3. The lowest BCUT2D eigenvalue weighted by Gasteiger charge is -2.23. The van der Waals surface area contributed by atoms with Crippen LogP contribution in [0, 0.1) is 0 Å². The van der Waals surface area contributed by atoms with Crippen molar-refractivity contribution in [2.45, 2.75) is 30.4 Å². The number of aromatic amines is 1. The highest BCUT2D eigenvalue weighted by Crippen LogP contribution is 2.24. The van der Waals surface area contributed by atoms with Gasteiger partial charge in [-0.15, -0.1) is 0 Å². The maximum atomic E-state index is 12.0. The van der Waals surface area contributed by atoms with Crippen molar-refractivity contribution in [1.82, 2.24) is 14.9 Å². The summed E-state index contributed by atoms with van der Waals surface area (Å²) in [5.74, 6) is -1.35. The number of aromatic nitrogens is 2. The minimum absolute atomic E-state index is 0.0907. The Morgan fingerprint density at radius 2 is 2.42 bits per heavy atom. The second kappa shape index (κ2) is 4.91. The van der Waals surface area contributed by atoms with E-state index in [9.17, 15) is 13.2 Å². The predicted molar refractivity (Wildman–Crippen MR) is 64.3 cm³/mol. The lowest BCUT2D eigenvalue weighted by molar-refractivity contribution is 0.0250. The van der Waals surface area contributed by atoms with E-state index in [0.29, 0.717) is 6.61 Å². The van der Waals surface area contributed by atoms with E-state index in [1.807, 2.05) is 6.92 Å². The van der Waals surface area contributed by atoms with Crippen LogP contribution in [0.4, 0.5) is 0 Å². The average molecular weight is 289 g/mol. The predicted octanol–water partition coefficient (Wildman–Crippen LogP) is -0.0447. The van der Waals surface area contributed by atoms with Crippen LogP contribution < -0.4 is 4.72 Å². The molecule has 1 aliphatic rings. The Morgan fingerprint density at radius 1 is 1.68 bits per heavy atom. The summed E-state index contributed by atoms with van der Waals surface area (Å²) >= 11 is 0. The molecule has 0 spiro atoms. The van der Waals surface area contributed by atoms with Crippen LogP contribution in [-0.2, 0) is 14.8 Å². The van der Waals surface area contributed by atoms with E-state index >= 15 is 0 Å². The van der Waals surface area contributed by atoms with Gasteiger partial charge in [0.15, 0.2) is 5.03 Å². The van der Waals surface area contributed by atoms with Gasteiger partial charge in [-0.2, -0.15) is 5.10 Å². The first-order valence-electron chi connectivity index (χ1n) is 5.74. The van der Waals surface area contributed by atoms with Gasteiger partial charge < -0.3 is 9.84 Å². The molecule has 0 aromatic carbocycles. The van der Waals surface area contributed by atoms with Crippen LogP contribution in [0.2, 0.25) is 0 Å². The zero-order valence-corrected chi connectivity index (χ0v) is 11.2. The van der Waals surface area contributed by atoms with Crippen LogP contribution in [0.3, 0.4) is 0 Å². The molecule has 2 rings (SSSR count). The minimum atomic E-state index is -3.95. The highest BCUT2D eigenvalue weighted by molar-refractivity contribution is 7.89. The third kappa shape index (κ3) is 2.94. The number of ether oxygens (including phenoxy) is 1. The van der Waals surface area contributed by atoms with Gasteiger partial charge in [0.05, 0.1) is 11.8 Å². The molecular weight excluding hydrogens is 274 g/mol. The molecule has 2 heterocycles. The Hall–Kier alpha value is -1.45. The van der Waals surface area contributed by atoms with Crippen molar-refractivity contribution in [3.05, 3.63) is 11.8 Å². The summed E-state index contributed by atoms with van der Waals surface area (Å²) in [7, 11) is -3.95. The summed E-state index contributed by atoms with van der Waals surface area (Å²) in [5, 5.41) is 14.1. The summed E-state index contributed by atoms with van der Waals surface area (Å²) in [6.45, 7) is 2.50. The lowest BCUT2D eigenvalue weighted by atomic mass is 10.0. The maximum absolute atomic E-state index is 12.0. The van der Waals surface area contributed by atoms with E-state index in [-0.39, 0.29) is 12.1 Å².